The van der Waals surface area contributed by atoms with E-state index in [-0.39, 0.29) is 23.1 Å². The van der Waals surface area contributed by atoms with Gasteiger partial charge in [-0.2, -0.15) is 5.26 Å². The molecule has 0 spiro atoms. The summed E-state index contributed by atoms with van der Waals surface area (Å²) in [4.78, 5) is 22.7. The zero-order valence-electron chi connectivity index (χ0n) is 28.2. The maximum atomic E-state index is 15.0. The highest BCUT2D eigenvalue weighted by Gasteiger charge is 2.53. The van der Waals surface area contributed by atoms with E-state index in [1.54, 1.807) is 6.07 Å². The van der Waals surface area contributed by atoms with Crippen molar-refractivity contribution in [1.82, 2.24) is 14.7 Å². The Morgan fingerprint density at radius 1 is 0.936 bits per heavy atom. The molecule has 0 N–H and O–H groups in total. The molecule has 252 valence electrons. The molecule has 1 aliphatic carbocycles. The molecule has 0 aromatic heterocycles. The Morgan fingerprint density at radius 3 is 2.36 bits per heavy atom. The van der Waals surface area contributed by atoms with Crippen molar-refractivity contribution in [1.29, 1.82) is 5.26 Å². The van der Waals surface area contributed by atoms with Crippen LogP contribution in [-0.4, -0.2) is 93.2 Å². The van der Waals surface area contributed by atoms with Gasteiger partial charge in [0, 0.05) is 56.2 Å². The second-order valence-electron chi connectivity index (χ2n) is 15.2. The second-order valence-corrected chi connectivity index (χ2v) is 15.2. The Bertz CT molecular complexity index is 1440. The Kier molecular flexibility index (Phi) is 9.86. The number of anilines is 1. The zero-order valence-corrected chi connectivity index (χ0v) is 28.2. The Morgan fingerprint density at radius 2 is 1.70 bits per heavy atom. The molecule has 7 nitrogen and oxygen atoms in total. The lowest BCUT2D eigenvalue weighted by molar-refractivity contribution is -0.142. The van der Waals surface area contributed by atoms with Gasteiger partial charge >= 0.3 is 5.97 Å². The van der Waals surface area contributed by atoms with Crippen molar-refractivity contribution in [2.45, 2.75) is 63.3 Å². The van der Waals surface area contributed by atoms with Crippen LogP contribution in [0.15, 0.2) is 42.5 Å². The number of halogens is 1. The third-order valence-corrected chi connectivity index (χ3v) is 12.5. The lowest BCUT2D eigenvalue weighted by atomic mass is 9.56. The summed E-state index contributed by atoms with van der Waals surface area (Å²) in [7, 11) is 1.50. The fourth-order valence-corrected chi connectivity index (χ4v) is 9.72. The monoisotopic (exact) mass is 641 g/mol. The summed E-state index contributed by atoms with van der Waals surface area (Å²) in [5.41, 5.74) is 4.19. The predicted octanol–water partition coefficient (Wildman–Crippen LogP) is 5.67. The topological polar surface area (TPSA) is 63.1 Å². The molecule has 2 aromatic carbocycles. The van der Waals surface area contributed by atoms with Crippen LogP contribution in [0, 0.1) is 40.8 Å². The zero-order chi connectivity index (χ0) is 32.4. The number of hydrogen-bond donors (Lipinski definition) is 0. The number of hydrogen-bond acceptors (Lipinski definition) is 7. The summed E-state index contributed by atoms with van der Waals surface area (Å²) in [5.74, 6) is 1.45. The van der Waals surface area contributed by atoms with Crippen molar-refractivity contribution >= 4 is 11.7 Å². The van der Waals surface area contributed by atoms with Crippen molar-refractivity contribution in [3.05, 3.63) is 65.0 Å². The van der Waals surface area contributed by atoms with Gasteiger partial charge in [0.25, 0.3) is 0 Å². The molecule has 47 heavy (non-hydrogen) atoms. The minimum absolute atomic E-state index is 0.114. The largest absolute Gasteiger partial charge is 0.469 e. The highest BCUT2D eigenvalue weighted by molar-refractivity contribution is 5.69. The standard InChI is InChI=1S/C39H52FN5O2/c1-47-38(46)21-30-6-2-9-37(30)39(28-44-16-5-17-44,34-7-3-8-35(40)22-34)33-12-18-43(19-13-33)24-29-25-45(26-29)36-11-10-31(23-41)32(20-36)27-42-14-4-15-42/h3,7-8,10-11,20,22,29-30,33,37H,2,4-6,9,12-19,21,24-28H2,1H3/t30-,37+,39+/m1/s1. The molecule has 8 heteroatoms. The molecule has 5 fully saturated rings. The lowest BCUT2D eigenvalue weighted by Crippen LogP contribution is -2.58. The van der Waals surface area contributed by atoms with Crippen molar-refractivity contribution in [2.75, 3.05) is 77.5 Å². The highest BCUT2D eigenvalue weighted by Crippen LogP contribution is 2.54. The minimum atomic E-state index is -0.166. The summed E-state index contributed by atoms with van der Waals surface area (Å²) >= 11 is 0. The third kappa shape index (κ3) is 6.82. The lowest BCUT2D eigenvalue weighted by Gasteiger charge is -2.54. The van der Waals surface area contributed by atoms with Gasteiger partial charge in [-0.05, 0) is 137 Å². The van der Waals surface area contributed by atoms with E-state index in [2.05, 4.69) is 43.9 Å². The molecule has 7 rings (SSSR count). The van der Waals surface area contributed by atoms with E-state index in [0.717, 1.165) is 121 Å². The molecule has 4 saturated heterocycles. The molecule has 0 unspecified atom stereocenters. The average molecular weight is 642 g/mol. The molecule has 4 aliphatic heterocycles. The molecular formula is C39H52FN5O2. The fourth-order valence-electron chi connectivity index (χ4n) is 9.72. The highest BCUT2D eigenvalue weighted by atomic mass is 19.1. The number of carbonyl (C=O) groups is 1. The maximum Gasteiger partial charge on any atom is 0.305 e. The summed E-state index contributed by atoms with van der Waals surface area (Å²) in [5, 5.41) is 9.65. The van der Waals surface area contributed by atoms with Gasteiger partial charge in [0.1, 0.15) is 5.82 Å². The van der Waals surface area contributed by atoms with Gasteiger partial charge in [-0.25, -0.2) is 4.39 Å². The number of rotatable bonds is 12. The summed E-state index contributed by atoms with van der Waals surface area (Å²) in [6.45, 7) is 11.7. The van der Waals surface area contributed by atoms with Crippen molar-refractivity contribution in [3.8, 4) is 6.07 Å². The first-order valence-corrected chi connectivity index (χ1v) is 18.2. The van der Waals surface area contributed by atoms with Crippen molar-refractivity contribution < 1.29 is 13.9 Å². The van der Waals surface area contributed by atoms with E-state index in [9.17, 15) is 14.4 Å². The first-order chi connectivity index (χ1) is 22.9. The van der Waals surface area contributed by atoms with E-state index in [1.165, 1.54) is 25.6 Å². The van der Waals surface area contributed by atoms with Crippen LogP contribution in [0.3, 0.4) is 0 Å². The number of nitriles is 1. The van der Waals surface area contributed by atoms with Crippen molar-refractivity contribution in [2.24, 2.45) is 23.7 Å². The molecule has 2 aromatic rings. The van der Waals surface area contributed by atoms with Crippen LogP contribution in [0.5, 0.6) is 0 Å². The van der Waals surface area contributed by atoms with Crippen LogP contribution in [0.1, 0.15) is 68.1 Å². The van der Waals surface area contributed by atoms with Gasteiger partial charge in [-0.1, -0.05) is 18.6 Å². The van der Waals surface area contributed by atoms with E-state index in [1.807, 2.05) is 18.2 Å². The van der Waals surface area contributed by atoms with Crippen LogP contribution in [0.4, 0.5) is 10.1 Å². The number of likely N-dealkylation sites (tertiary alicyclic amines) is 3. The Labute approximate surface area is 280 Å². The van der Waals surface area contributed by atoms with Crippen LogP contribution >= 0.6 is 0 Å². The van der Waals surface area contributed by atoms with Gasteiger partial charge in [0.05, 0.1) is 18.7 Å². The molecule has 0 amide bonds. The van der Waals surface area contributed by atoms with E-state index < -0.39 is 0 Å². The Hall–Kier alpha value is -2.99. The molecule has 0 bridgehead atoms. The number of carbonyl (C=O) groups excluding carboxylic acids is 1. The number of nitrogens with zero attached hydrogens (tertiary/aromatic N) is 5. The average Bonchev–Trinajstić information content (AvgIpc) is 3.49. The third-order valence-electron chi connectivity index (χ3n) is 12.5. The normalized spacial score (nSPS) is 25.8. The quantitative estimate of drug-likeness (QED) is 0.277. The Balaban J connectivity index is 1.03. The van der Waals surface area contributed by atoms with Crippen LogP contribution in [-0.2, 0) is 21.5 Å². The second kappa shape index (κ2) is 14.2. The van der Waals surface area contributed by atoms with Gasteiger partial charge in [0.2, 0.25) is 0 Å². The smallest absolute Gasteiger partial charge is 0.305 e. The van der Waals surface area contributed by atoms with Crippen LogP contribution in [0.25, 0.3) is 0 Å². The molecule has 0 radical (unpaired) electrons. The molecular weight excluding hydrogens is 589 g/mol. The first-order valence-electron chi connectivity index (χ1n) is 18.2. The van der Waals surface area contributed by atoms with Crippen LogP contribution < -0.4 is 4.90 Å². The number of esters is 1. The molecule has 1 saturated carbocycles. The van der Waals surface area contributed by atoms with Gasteiger partial charge in [-0.3, -0.25) is 9.69 Å². The van der Waals surface area contributed by atoms with E-state index in [4.69, 9.17) is 4.74 Å². The van der Waals surface area contributed by atoms with E-state index >= 15 is 0 Å². The predicted molar refractivity (Wildman–Crippen MR) is 183 cm³/mol. The maximum absolute atomic E-state index is 15.0. The van der Waals surface area contributed by atoms with Crippen LogP contribution in [0.2, 0.25) is 0 Å². The van der Waals surface area contributed by atoms with Gasteiger partial charge in [0.15, 0.2) is 0 Å². The molecule has 3 atom stereocenters. The number of piperidine rings is 1. The van der Waals surface area contributed by atoms with E-state index in [0.29, 0.717) is 24.2 Å². The fraction of sp³-hybridized carbons (Fsp3) is 0.641. The summed E-state index contributed by atoms with van der Waals surface area (Å²) in [6, 6.07) is 16.3. The molecule has 5 aliphatic rings. The summed E-state index contributed by atoms with van der Waals surface area (Å²) in [6.07, 6.45) is 8.44. The first kappa shape index (κ1) is 32.6. The van der Waals surface area contributed by atoms with Gasteiger partial charge < -0.3 is 19.4 Å². The molecule has 4 heterocycles. The van der Waals surface area contributed by atoms with Crippen molar-refractivity contribution in [3.63, 3.8) is 0 Å². The number of benzene rings is 2. The minimum Gasteiger partial charge on any atom is -0.469 e. The number of ether oxygens (including phenoxy) is 1. The van der Waals surface area contributed by atoms with Gasteiger partial charge in [-0.15, -0.1) is 0 Å². The SMILES string of the molecule is COC(=O)C[C@H]1CCC[C@@H]1[C@](CN1CCC1)(c1cccc(F)c1)C1CCN(CC2CN(c3ccc(C#N)c(CN4CCC4)c3)C2)CC1. The summed E-state index contributed by atoms with van der Waals surface area (Å²) < 4.78 is 20.1. The number of methoxy groups -OCH3 is 1.